The molecule has 5 nitrogen and oxygen atoms in total. The fraction of sp³-hybridized carbons (Fsp3) is 0.533. The van der Waals surface area contributed by atoms with Gasteiger partial charge in [0.05, 0.1) is 4.91 Å². The Balaban J connectivity index is 1.24. The second-order valence-electron chi connectivity index (χ2n) is 11.6. The molecule has 0 spiro atoms. The van der Waals surface area contributed by atoms with Crippen molar-refractivity contribution in [3.05, 3.63) is 57.8 Å². The molecule has 7 rings (SSSR count). The van der Waals surface area contributed by atoms with Crippen molar-refractivity contribution in [3.63, 3.8) is 0 Å². The lowest BCUT2D eigenvalue weighted by Gasteiger charge is -2.57. The lowest BCUT2D eigenvalue weighted by Crippen LogP contribution is -2.48. The van der Waals surface area contributed by atoms with Gasteiger partial charge in [-0.05, 0) is 129 Å². The van der Waals surface area contributed by atoms with Gasteiger partial charge in [0.2, 0.25) is 0 Å². The summed E-state index contributed by atoms with van der Waals surface area (Å²) >= 11 is 1.03. The number of aromatic nitrogens is 1. The van der Waals surface area contributed by atoms with E-state index in [9.17, 15) is 9.59 Å². The van der Waals surface area contributed by atoms with Gasteiger partial charge >= 0.3 is 0 Å². The van der Waals surface area contributed by atoms with Crippen molar-refractivity contribution in [2.24, 2.45) is 17.8 Å². The van der Waals surface area contributed by atoms with Crippen molar-refractivity contribution in [3.8, 4) is 5.69 Å². The molecule has 1 aromatic carbocycles. The number of amides is 2. The molecule has 190 valence electrons. The third-order valence-corrected chi connectivity index (χ3v) is 10.0. The SMILES string of the molecule is COCCCN1C(=O)S/C(=C/c2cc(C)n(-c3ccc(C45CC6CC(CC(C6)C4)C5)cc3)c2C)C1=O. The average molecular weight is 505 g/mol. The fourth-order valence-electron chi connectivity index (χ4n) is 7.96. The molecule has 2 amide bonds. The molecular weight excluding hydrogens is 468 g/mol. The van der Waals surface area contributed by atoms with Gasteiger partial charge in [-0.2, -0.15) is 0 Å². The highest BCUT2D eigenvalue weighted by atomic mass is 32.2. The van der Waals surface area contributed by atoms with Gasteiger partial charge in [-0.3, -0.25) is 14.5 Å². The lowest BCUT2D eigenvalue weighted by atomic mass is 9.48. The van der Waals surface area contributed by atoms with Crippen LogP contribution in [0.2, 0.25) is 0 Å². The van der Waals surface area contributed by atoms with Gasteiger partial charge in [0.1, 0.15) is 0 Å². The van der Waals surface area contributed by atoms with E-state index < -0.39 is 0 Å². The number of carbonyl (C=O) groups is 2. The molecule has 5 fully saturated rings. The summed E-state index contributed by atoms with van der Waals surface area (Å²) in [7, 11) is 1.63. The number of nitrogens with zero attached hydrogens (tertiary/aromatic N) is 2. The highest BCUT2D eigenvalue weighted by Gasteiger charge is 2.51. The van der Waals surface area contributed by atoms with E-state index in [4.69, 9.17) is 4.74 Å². The summed E-state index contributed by atoms with van der Waals surface area (Å²) in [5, 5.41) is -0.198. The third kappa shape index (κ3) is 4.06. The van der Waals surface area contributed by atoms with Crippen LogP contribution in [0.1, 0.15) is 67.5 Å². The lowest BCUT2D eigenvalue weighted by molar-refractivity contribution is -0.122. The van der Waals surface area contributed by atoms with Gasteiger partial charge in [-0.15, -0.1) is 0 Å². The van der Waals surface area contributed by atoms with Gasteiger partial charge in [0.15, 0.2) is 0 Å². The number of rotatable bonds is 7. The Hall–Kier alpha value is -2.31. The molecule has 0 unspecified atom stereocenters. The van der Waals surface area contributed by atoms with Crippen molar-refractivity contribution >= 4 is 29.0 Å². The van der Waals surface area contributed by atoms with Crippen LogP contribution in [0, 0.1) is 31.6 Å². The summed E-state index contributed by atoms with van der Waals surface area (Å²) in [4.78, 5) is 27.1. The minimum atomic E-state index is -0.203. The van der Waals surface area contributed by atoms with Crippen LogP contribution < -0.4 is 0 Å². The molecule has 1 aliphatic heterocycles. The normalized spacial score (nSPS) is 30.2. The molecule has 36 heavy (non-hydrogen) atoms. The van der Waals surface area contributed by atoms with E-state index in [-0.39, 0.29) is 11.1 Å². The molecule has 6 heteroatoms. The Morgan fingerprint density at radius 3 is 2.28 bits per heavy atom. The van der Waals surface area contributed by atoms with Gasteiger partial charge in [0.25, 0.3) is 11.1 Å². The average Bonchev–Trinajstić information content (AvgIpc) is 3.27. The predicted octanol–water partition coefficient (Wildman–Crippen LogP) is 6.63. The topological polar surface area (TPSA) is 51.5 Å². The van der Waals surface area contributed by atoms with E-state index in [0.717, 1.165) is 52.2 Å². The number of hydrogen-bond acceptors (Lipinski definition) is 4. The number of imide groups is 1. The quantitative estimate of drug-likeness (QED) is 0.313. The first kappa shape index (κ1) is 24.1. The summed E-state index contributed by atoms with van der Waals surface area (Å²) in [5.41, 5.74) is 6.30. The zero-order chi connectivity index (χ0) is 25.0. The maximum atomic E-state index is 12.9. The zero-order valence-corrected chi connectivity index (χ0v) is 22.4. The molecule has 5 aliphatic rings. The smallest absolute Gasteiger partial charge is 0.293 e. The molecule has 0 atom stereocenters. The minimum Gasteiger partial charge on any atom is -0.385 e. The molecule has 4 saturated carbocycles. The van der Waals surface area contributed by atoms with Crippen molar-refractivity contribution in [1.29, 1.82) is 0 Å². The molecule has 0 radical (unpaired) electrons. The first-order chi connectivity index (χ1) is 17.4. The number of aryl methyl sites for hydroxylation is 1. The summed E-state index contributed by atoms with van der Waals surface area (Å²) in [6, 6.07) is 11.4. The second kappa shape index (κ2) is 9.21. The van der Waals surface area contributed by atoms with Gasteiger partial charge < -0.3 is 9.30 Å². The number of hydrogen-bond donors (Lipinski definition) is 0. The predicted molar refractivity (Wildman–Crippen MR) is 144 cm³/mol. The van der Waals surface area contributed by atoms with Crippen LogP contribution in [0.25, 0.3) is 11.8 Å². The number of benzene rings is 1. The third-order valence-electron chi connectivity index (χ3n) is 9.14. The van der Waals surface area contributed by atoms with E-state index in [0.29, 0.717) is 29.9 Å². The number of thioether (sulfide) groups is 1. The monoisotopic (exact) mass is 504 g/mol. The highest BCUT2D eigenvalue weighted by Crippen LogP contribution is 2.60. The Morgan fingerprint density at radius 1 is 1.03 bits per heavy atom. The second-order valence-corrected chi connectivity index (χ2v) is 12.6. The van der Waals surface area contributed by atoms with Crippen molar-refractivity contribution in [1.82, 2.24) is 9.47 Å². The van der Waals surface area contributed by atoms with Crippen LogP contribution in [-0.4, -0.2) is 40.9 Å². The van der Waals surface area contributed by atoms with Crippen LogP contribution in [0.5, 0.6) is 0 Å². The van der Waals surface area contributed by atoms with Crippen LogP contribution in [0.4, 0.5) is 4.79 Å². The van der Waals surface area contributed by atoms with Crippen LogP contribution in [0.15, 0.2) is 35.2 Å². The van der Waals surface area contributed by atoms with Crippen molar-refractivity contribution in [2.45, 2.75) is 64.2 Å². The van der Waals surface area contributed by atoms with E-state index in [2.05, 4.69) is 48.7 Å². The molecule has 4 bridgehead atoms. The number of ether oxygens (including phenoxy) is 1. The first-order valence-corrected chi connectivity index (χ1v) is 14.2. The van der Waals surface area contributed by atoms with Crippen LogP contribution in [-0.2, 0) is 14.9 Å². The van der Waals surface area contributed by atoms with Crippen LogP contribution >= 0.6 is 11.8 Å². The Kier molecular flexibility index (Phi) is 6.16. The number of methoxy groups -OCH3 is 1. The summed E-state index contributed by atoms with van der Waals surface area (Å²) in [6.45, 7) is 5.12. The summed E-state index contributed by atoms with van der Waals surface area (Å²) < 4.78 is 7.32. The molecule has 2 heterocycles. The van der Waals surface area contributed by atoms with Gasteiger partial charge in [-0.1, -0.05) is 12.1 Å². The maximum absolute atomic E-state index is 12.9. The Labute approximate surface area is 218 Å². The van der Waals surface area contributed by atoms with Crippen molar-refractivity contribution in [2.75, 3.05) is 20.3 Å². The maximum Gasteiger partial charge on any atom is 0.293 e. The Morgan fingerprint density at radius 2 is 1.67 bits per heavy atom. The summed E-state index contributed by atoms with van der Waals surface area (Å²) in [5.74, 6) is 2.63. The van der Waals surface area contributed by atoms with E-state index in [1.165, 1.54) is 49.0 Å². The molecule has 1 aromatic heterocycles. The minimum absolute atomic E-state index is 0.198. The van der Waals surface area contributed by atoms with Crippen molar-refractivity contribution < 1.29 is 14.3 Å². The van der Waals surface area contributed by atoms with E-state index in [1.54, 1.807) is 7.11 Å². The molecular formula is C30H36N2O3S. The molecule has 1 saturated heterocycles. The molecule has 2 aromatic rings. The van der Waals surface area contributed by atoms with E-state index in [1.807, 2.05) is 6.08 Å². The Bertz CT molecular complexity index is 1190. The van der Waals surface area contributed by atoms with E-state index >= 15 is 0 Å². The van der Waals surface area contributed by atoms with Gasteiger partial charge in [0, 0.05) is 37.3 Å². The standard InChI is InChI=1S/C30H36N2O3S/c1-19-11-24(15-27-28(33)31(29(34)36-27)9-4-10-35-3)20(2)32(19)26-7-5-25(6-8-26)30-16-21-12-22(17-30)14-23(13-21)18-30/h5-8,11,15,21-23H,4,9-10,12-14,16-18H2,1-3H3/b27-15+. The molecule has 0 N–H and O–H groups in total. The first-order valence-electron chi connectivity index (χ1n) is 13.4. The zero-order valence-electron chi connectivity index (χ0n) is 21.6. The van der Waals surface area contributed by atoms with Gasteiger partial charge in [-0.25, -0.2) is 0 Å². The largest absolute Gasteiger partial charge is 0.385 e. The fourth-order valence-corrected chi connectivity index (χ4v) is 8.82. The highest BCUT2D eigenvalue weighted by molar-refractivity contribution is 8.18. The number of carbonyl (C=O) groups excluding carboxylic acids is 2. The molecule has 4 aliphatic carbocycles. The summed E-state index contributed by atoms with van der Waals surface area (Å²) in [6.07, 6.45) is 11.1. The van der Waals surface area contributed by atoms with Crippen LogP contribution in [0.3, 0.4) is 0 Å².